The highest BCUT2D eigenvalue weighted by Gasteiger charge is 2.16. The molecule has 0 amide bonds. The first-order chi connectivity index (χ1) is 10.0. The molecule has 2 aromatic rings. The molecule has 1 atom stereocenters. The van der Waals surface area contributed by atoms with Gasteiger partial charge in [0.2, 0.25) is 5.76 Å². The van der Waals surface area contributed by atoms with Gasteiger partial charge in [-0.2, -0.15) is 0 Å². The van der Waals surface area contributed by atoms with Gasteiger partial charge in [0.15, 0.2) is 0 Å². The van der Waals surface area contributed by atoms with Gasteiger partial charge in [-0.05, 0) is 49.2 Å². The molecule has 2 rings (SSSR count). The molecule has 0 radical (unpaired) electrons. The first-order valence-electron chi connectivity index (χ1n) is 6.78. The van der Waals surface area contributed by atoms with Crippen LogP contribution < -0.4 is 5.32 Å². The van der Waals surface area contributed by atoms with E-state index in [1.54, 1.807) is 12.1 Å². The van der Waals surface area contributed by atoms with Crippen LogP contribution in [0.3, 0.4) is 0 Å². The number of ether oxygens (including phenoxy) is 1. The maximum absolute atomic E-state index is 11.4. The second kappa shape index (κ2) is 6.80. The molecule has 0 aliphatic carbocycles. The molecule has 5 heteroatoms. The largest absolute Gasteiger partial charge is 0.463 e. The average molecular weight is 352 g/mol. The lowest BCUT2D eigenvalue weighted by Gasteiger charge is -2.16. The zero-order valence-electron chi connectivity index (χ0n) is 12.3. The Morgan fingerprint density at radius 3 is 2.81 bits per heavy atom. The first kappa shape index (κ1) is 15.6. The molecule has 0 fully saturated rings. The number of furan rings is 1. The van der Waals surface area contributed by atoms with Gasteiger partial charge in [-0.25, -0.2) is 4.79 Å². The fraction of sp³-hybridized carbons (Fsp3) is 0.312. The molecule has 1 aromatic heterocycles. The molecule has 0 aliphatic heterocycles. The van der Waals surface area contributed by atoms with Gasteiger partial charge in [-0.15, -0.1) is 0 Å². The second-order valence-electron chi connectivity index (χ2n) is 4.71. The third-order valence-corrected chi connectivity index (χ3v) is 3.75. The molecule has 4 nitrogen and oxygen atoms in total. The molecule has 21 heavy (non-hydrogen) atoms. The van der Waals surface area contributed by atoms with Crippen molar-refractivity contribution in [3.05, 3.63) is 51.9 Å². The summed E-state index contributed by atoms with van der Waals surface area (Å²) in [4.78, 5) is 11.4. The fourth-order valence-corrected chi connectivity index (χ4v) is 2.50. The number of hydrogen-bond donors (Lipinski definition) is 1. The van der Waals surface area contributed by atoms with Gasteiger partial charge in [0.25, 0.3) is 0 Å². The van der Waals surface area contributed by atoms with E-state index in [9.17, 15) is 4.79 Å². The number of aryl methyl sites for hydroxylation is 1. The maximum atomic E-state index is 11.4. The van der Waals surface area contributed by atoms with Crippen LogP contribution in [-0.4, -0.2) is 13.1 Å². The summed E-state index contributed by atoms with van der Waals surface area (Å²) in [5.41, 5.74) is 2.28. The van der Waals surface area contributed by atoms with Crippen LogP contribution in [0.15, 0.2) is 39.2 Å². The van der Waals surface area contributed by atoms with Gasteiger partial charge in [-0.1, -0.05) is 22.9 Å². The Labute approximate surface area is 132 Å². The molecule has 0 spiro atoms. The van der Waals surface area contributed by atoms with Crippen LogP contribution in [-0.2, 0) is 11.2 Å². The minimum absolute atomic E-state index is 0.0464. The summed E-state index contributed by atoms with van der Waals surface area (Å²) in [5.74, 6) is 0.444. The van der Waals surface area contributed by atoms with Crippen molar-refractivity contribution in [1.82, 2.24) is 0 Å². The summed E-state index contributed by atoms with van der Waals surface area (Å²) < 4.78 is 11.2. The molecular weight excluding hydrogens is 334 g/mol. The SMILES string of the molecule is CCc1cc(Br)ccc1NC(C)c1ccc(C(=O)OC)o1. The maximum Gasteiger partial charge on any atom is 0.373 e. The van der Waals surface area contributed by atoms with Crippen LogP contribution in [0, 0.1) is 0 Å². The normalized spacial score (nSPS) is 12.0. The van der Waals surface area contributed by atoms with Crippen molar-refractivity contribution in [3.8, 4) is 0 Å². The Bertz CT molecular complexity index is 636. The molecule has 1 aromatic carbocycles. The Balaban J connectivity index is 2.16. The summed E-state index contributed by atoms with van der Waals surface area (Å²) in [6.45, 7) is 4.10. The zero-order valence-corrected chi connectivity index (χ0v) is 13.9. The van der Waals surface area contributed by atoms with Gasteiger partial charge in [-0.3, -0.25) is 0 Å². The third kappa shape index (κ3) is 3.67. The van der Waals surface area contributed by atoms with Crippen LogP contribution in [0.5, 0.6) is 0 Å². The fourth-order valence-electron chi connectivity index (χ4n) is 2.10. The highest BCUT2D eigenvalue weighted by atomic mass is 79.9. The number of halogens is 1. The Morgan fingerprint density at radius 1 is 1.38 bits per heavy atom. The number of methoxy groups -OCH3 is 1. The Kier molecular flexibility index (Phi) is 5.07. The molecule has 0 aliphatic rings. The van der Waals surface area contributed by atoms with Crippen molar-refractivity contribution >= 4 is 27.6 Å². The number of nitrogens with one attached hydrogen (secondary N) is 1. The summed E-state index contributed by atoms with van der Waals surface area (Å²) >= 11 is 3.48. The van der Waals surface area contributed by atoms with Crippen molar-refractivity contribution in [2.24, 2.45) is 0 Å². The van der Waals surface area contributed by atoms with E-state index in [1.165, 1.54) is 12.7 Å². The van der Waals surface area contributed by atoms with E-state index >= 15 is 0 Å². The van der Waals surface area contributed by atoms with Gasteiger partial charge >= 0.3 is 5.97 Å². The summed E-state index contributed by atoms with van der Waals surface area (Å²) in [6.07, 6.45) is 0.931. The van der Waals surface area contributed by atoms with Crippen molar-refractivity contribution in [2.45, 2.75) is 26.3 Å². The standard InChI is InChI=1S/C16H18BrNO3/c1-4-11-9-12(17)5-6-13(11)18-10(2)14-7-8-15(21-14)16(19)20-3/h5-10,18H,4H2,1-3H3. The van der Waals surface area contributed by atoms with Gasteiger partial charge in [0.05, 0.1) is 13.2 Å². The molecule has 1 unspecified atom stereocenters. The zero-order chi connectivity index (χ0) is 15.4. The average Bonchev–Trinajstić information content (AvgIpc) is 2.98. The van der Waals surface area contributed by atoms with E-state index in [4.69, 9.17) is 4.42 Å². The van der Waals surface area contributed by atoms with E-state index in [0.29, 0.717) is 5.76 Å². The quantitative estimate of drug-likeness (QED) is 0.802. The predicted molar refractivity (Wildman–Crippen MR) is 85.6 cm³/mol. The van der Waals surface area contributed by atoms with Gasteiger partial charge in [0, 0.05) is 10.2 Å². The number of anilines is 1. The number of hydrogen-bond acceptors (Lipinski definition) is 4. The predicted octanol–water partition coefficient (Wildman–Crippen LogP) is 4.56. The summed E-state index contributed by atoms with van der Waals surface area (Å²) in [7, 11) is 1.33. The number of benzene rings is 1. The van der Waals surface area contributed by atoms with E-state index in [1.807, 2.05) is 19.1 Å². The highest BCUT2D eigenvalue weighted by molar-refractivity contribution is 9.10. The molecule has 0 saturated heterocycles. The smallest absolute Gasteiger partial charge is 0.373 e. The molecular formula is C16H18BrNO3. The lowest BCUT2D eigenvalue weighted by Crippen LogP contribution is -2.07. The van der Waals surface area contributed by atoms with Crippen LogP contribution in [0.25, 0.3) is 0 Å². The van der Waals surface area contributed by atoms with Crippen LogP contribution >= 0.6 is 15.9 Å². The van der Waals surface area contributed by atoms with E-state index in [0.717, 1.165) is 16.6 Å². The van der Waals surface area contributed by atoms with E-state index < -0.39 is 5.97 Å². The summed E-state index contributed by atoms with van der Waals surface area (Å²) in [5, 5.41) is 3.41. The number of esters is 1. The number of carbonyl (C=O) groups is 1. The molecule has 0 saturated carbocycles. The minimum Gasteiger partial charge on any atom is -0.463 e. The lowest BCUT2D eigenvalue weighted by atomic mass is 10.1. The van der Waals surface area contributed by atoms with Gasteiger partial charge < -0.3 is 14.5 Å². The topological polar surface area (TPSA) is 51.5 Å². The minimum atomic E-state index is -0.466. The van der Waals surface area contributed by atoms with Crippen LogP contribution in [0.4, 0.5) is 5.69 Å². The number of rotatable bonds is 5. The molecule has 112 valence electrons. The third-order valence-electron chi connectivity index (χ3n) is 3.26. The molecule has 1 heterocycles. The summed E-state index contributed by atoms with van der Waals surface area (Å²) in [6, 6.07) is 9.49. The van der Waals surface area contributed by atoms with Crippen molar-refractivity contribution in [1.29, 1.82) is 0 Å². The van der Waals surface area contributed by atoms with Crippen molar-refractivity contribution in [2.75, 3.05) is 12.4 Å². The number of carbonyl (C=O) groups excluding carboxylic acids is 1. The Hall–Kier alpha value is -1.75. The highest BCUT2D eigenvalue weighted by Crippen LogP contribution is 2.26. The monoisotopic (exact) mass is 351 g/mol. The first-order valence-corrected chi connectivity index (χ1v) is 7.57. The van der Waals surface area contributed by atoms with Crippen LogP contribution in [0.1, 0.15) is 41.8 Å². The molecule has 0 bridgehead atoms. The lowest BCUT2D eigenvalue weighted by molar-refractivity contribution is 0.0562. The second-order valence-corrected chi connectivity index (χ2v) is 5.63. The Morgan fingerprint density at radius 2 is 2.14 bits per heavy atom. The van der Waals surface area contributed by atoms with Crippen LogP contribution in [0.2, 0.25) is 0 Å². The molecule has 1 N–H and O–H groups in total. The van der Waals surface area contributed by atoms with E-state index in [2.05, 4.69) is 39.0 Å². The van der Waals surface area contributed by atoms with E-state index in [-0.39, 0.29) is 11.8 Å². The van der Waals surface area contributed by atoms with Gasteiger partial charge in [0.1, 0.15) is 5.76 Å². The van der Waals surface area contributed by atoms with Crippen molar-refractivity contribution < 1.29 is 13.9 Å². The van der Waals surface area contributed by atoms with Crippen molar-refractivity contribution in [3.63, 3.8) is 0 Å².